The van der Waals surface area contributed by atoms with Gasteiger partial charge in [-0.25, -0.2) is 9.97 Å². The molecule has 0 aliphatic rings. The third kappa shape index (κ3) is 2.59. The molecular formula is C14H19N3O. The lowest BCUT2D eigenvalue weighted by atomic mass is 10.1. The number of rotatable bonds is 5. The van der Waals surface area contributed by atoms with E-state index in [1.807, 2.05) is 13.0 Å². The summed E-state index contributed by atoms with van der Waals surface area (Å²) >= 11 is 0. The molecule has 1 aromatic heterocycles. The van der Waals surface area contributed by atoms with Gasteiger partial charge < -0.3 is 10.4 Å². The van der Waals surface area contributed by atoms with E-state index in [2.05, 4.69) is 34.3 Å². The fraction of sp³-hybridized carbons (Fsp3) is 0.429. The van der Waals surface area contributed by atoms with Crippen LogP contribution in [-0.2, 0) is 6.42 Å². The third-order valence-corrected chi connectivity index (χ3v) is 3.16. The van der Waals surface area contributed by atoms with Crippen molar-refractivity contribution in [3.05, 3.63) is 30.1 Å². The Balaban J connectivity index is 2.42. The Labute approximate surface area is 107 Å². The van der Waals surface area contributed by atoms with E-state index < -0.39 is 0 Å². The normalized spacial score (nSPS) is 12.6. The van der Waals surface area contributed by atoms with Crippen molar-refractivity contribution in [2.75, 3.05) is 11.9 Å². The van der Waals surface area contributed by atoms with Gasteiger partial charge >= 0.3 is 0 Å². The topological polar surface area (TPSA) is 58.0 Å². The average molecular weight is 245 g/mol. The van der Waals surface area contributed by atoms with E-state index in [4.69, 9.17) is 0 Å². The molecule has 1 heterocycles. The number of aryl methyl sites for hydroxylation is 1. The molecule has 1 unspecified atom stereocenters. The number of nitrogens with zero attached hydrogens (tertiary/aromatic N) is 2. The van der Waals surface area contributed by atoms with Crippen molar-refractivity contribution in [3.63, 3.8) is 0 Å². The highest BCUT2D eigenvalue weighted by molar-refractivity contribution is 5.89. The Kier molecular flexibility index (Phi) is 4.10. The summed E-state index contributed by atoms with van der Waals surface area (Å²) in [5.41, 5.74) is 2.19. The Hall–Kier alpha value is -1.68. The van der Waals surface area contributed by atoms with Crippen molar-refractivity contribution >= 4 is 16.7 Å². The minimum atomic E-state index is 0.0355. The minimum absolute atomic E-state index is 0.0355. The van der Waals surface area contributed by atoms with Crippen LogP contribution in [0.5, 0.6) is 0 Å². The van der Waals surface area contributed by atoms with Crippen LogP contribution in [-0.4, -0.2) is 27.7 Å². The number of hydrogen-bond acceptors (Lipinski definition) is 4. The molecule has 1 atom stereocenters. The number of anilines is 1. The van der Waals surface area contributed by atoms with Gasteiger partial charge in [-0.1, -0.05) is 19.9 Å². The van der Waals surface area contributed by atoms with Crippen LogP contribution in [0.25, 0.3) is 10.9 Å². The van der Waals surface area contributed by atoms with E-state index in [9.17, 15) is 5.11 Å². The SMILES string of the molecule is CCc1ccc2ncnc(NC(CC)CO)c2c1. The summed E-state index contributed by atoms with van der Waals surface area (Å²) in [5.74, 6) is 0.802. The molecule has 0 bridgehead atoms. The van der Waals surface area contributed by atoms with E-state index in [0.29, 0.717) is 0 Å². The zero-order valence-electron chi connectivity index (χ0n) is 10.8. The average Bonchev–Trinajstić information content (AvgIpc) is 2.44. The van der Waals surface area contributed by atoms with E-state index >= 15 is 0 Å². The molecule has 96 valence electrons. The molecule has 4 heteroatoms. The van der Waals surface area contributed by atoms with Gasteiger partial charge in [-0.2, -0.15) is 0 Å². The lowest BCUT2D eigenvalue weighted by Crippen LogP contribution is -2.23. The quantitative estimate of drug-likeness (QED) is 0.849. The van der Waals surface area contributed by atoms with Crippen molar-refractivity contribution in [3.8, 4) is 0 Å². The zero-order chi connectivity index (χ0) is 13.0. The van der Waals surface area contributed by atoms with Gasteiger partial charge in [-0.05, 0) is 30.5 Å². The first-order chi connectivity index (χ1) is 8.78. The van der Waals surface area contributed by atoms with Crippen LogP contribution in [0.15, 0.2) is 24.5 Å². The molecule has 0 aliphatic carbocycles. The van der Waals surface area contributed by atoms with Crippen molar-refractivity contribution < 1.29 is 5.11 Å². The van der Waals surface area contributed by atoms with E-state index in [-0.39, 0.29) is 12.6 Å². The first-order valence-corrected chi connectivity index (χ1v) is 6.39. The lowest BCUT2D eigenvalue weighted by Gasteiger charge is -2.16. The summed E-state index contributed by atoms with van der Waals surface area (Å²) < 4.78 is 0. The molecule has 2 aromatic rings. The molecule has 0 saturated heterocycles. The number of benzene rings is 1. The maximum absolute atomic E-state index is 9.25. The van der Waals surface area contributed by atoms with Gasteiger partial charge in [0.25, 0.3) is 0 Å². The summed E-state index contributed by atoms with van der Waals surface area (Å²) in [7, 11) is 0. The number of aliphatic hydroxyl groups excluding tert-OH is 1. The number of nitrogens with one attached hydrogen (secondary N) is 1. The van der Waals surface area contributed by atoms with Crippen molar-refractivity contribution in [2.45, 2.75) is 32.7 Å². The second-order valence-electron chi connectivity index (χ2n) is 4.36. The molecule has 2 N–H and O–H groups in total. The highest BCUT2D eigenvalue weighted by Crippen LogP contribution is 2.21. The molecular weight excluding hydrogens is 226 g/mol. The highest BCUT2D eigenvalue weighted by Gasteiger charge is 2.09. The number of aromatic nitrogens is 2. The molecule has 4 nitrogen and oxygen atoms in total. The first-order valence-electron chi connectivity index (χ1n) is 6.39. The Bertz CT molecular complexity index is 523. The zero-order valence-corrected chi connectivity index (χ0v) is 10.8. The van der Waals surface area contributed by atoms with E-state index in [1.165, 1.54) is 5.56 Å². The van der Waals surface area contributed by atoms with Gasteiger partial charge in [-0.15, -0.1) is 0 Å². The Morgan fingerprint density at radius 2 is 2.11 bits per heavy atom. The summed E-state index contributed by atoms with van der Waals surface area (Å²) in [6.07, 6.45) is 3.40. The summed E-state index contributed by atoms with van der Waals surface area (Å²) in [6, 6.07) is 6.25. The van der Waals surface area contributed by atoms with E-state index in [0.717, 1.165) is 29.6 Å². The summed E-state index contributed by atoms with van der Waals surface area (Å²) in [6.45, 7) is 4.27. The molecule has 0 aliphatic heterocycles. The maximum atomic E-state index is 9.25. The summed E-state index contributed by atoms with van der Waals surface area (Å²) in [5, 5.41) is 13.5. The molecule has 0 amide bonds. The van der Waals surface area contributed by atoms with Crippen LogP contribution in [0.1, 0.15) is 25.8 Å². The van der Waals surface area contributed by atoms with Crippen LogP contribution >= 0.6 is 0 Å². The van der Waals surface area contributed by atoms with Crippen LogP contribution in [0.2, 0.25) is 0 Å². The second kappa shape index (κ2) is 5.78. The molecule has 18 heavy (non-hydrogen) atoms. The monoisotopic (exact) mass is 245 g/mol. The van der Waals surface area contributed by atoms with Gasteiger partial charge in [-0.3, -0.25) is 0 Å². The Morgan fingerprint density at radius 1 is 1.28 bits per heavy atom. The van der Waals surface area contributed by atoms with Gasteiger partial charge in [0.2, 0.25) is 0 Å². The van der Waals surface area contributed by atoms with Crippen LogP contribution in [0.3, 0.4) is 0 Å². The fourth-order valence-electron chi connectivity index (χ4n) is 1.91. The standard InChI is InChI=1S/C14H19N3O/c1-3-10-5-6-13-12(7-10)14(16-9-15-13)17-11(4-2)8-18/h5-7,9,11,18H,3-4,8H2,1-2H3,(H,15,16,17). The number of hydrogen-bond donors (Lipinski definition) is 2. The fourth-order valence-corrected chi connectivity index (χ4v) is 1.91. The molecule has 0 spiro atoms. The third-order valence-electron chi connectivity index (χ3n) is 3.16. The van der Waals surface area contributed by atoms with E-state index in [1.54, 1.807) is 6.33 Å². The predicted octanol–water partition coefficient (Wildman–Crippen LogP) is 2.38. The van der Waals surface area contributed by atoms with Crippen LogP contribution < -0.4 is 5.32 Å². The first kappa shape index (κ1) is 12.8. The van der Waals surface area contributed by atoms with Crippen molar-refractivity contribution in [1.82, 2.24) is 9.97 Å². The molecule has 2 rings (SSSR count). The van der Waals surface area contributed by atoms with Gasteiger partial charge in [0.1, 0.15) is 12.1 Å². The van der Waals surface area contributed by atoms with Crippen molar-refractivity contribution in [1.29, 1.82) is 0 Å². The smallest absolute Gasteiger partial charge is 0.137 e. The maximum Gasteiger partial charge on any atom is 0.137 e. The minimum Gasteiger partial charge on any atom is -0.394 e. The summed E-state index contributed by atoms with van der Waals surface area (Å²) in [4.78, 5) is 8.55. The Morgan fingerprint density at radius 3 is 2.78 bits per heavy atom. The lowest BCUT2D eigenvalue weighted by molar-refractivity contribution is 0.271. The number of aliphatic hydroxyl groups is 1. The highest BCUT2D eigenvalue weighted by atomic mass is 16.3. The predicted molar refractivity (Wildman–Crippen MR) is 73.7 cm³/mol. The molecule has 1 aromatic carbocycles. The van der Waals surface area contributed by atoms with Gasteiger partial charge in [0.15, 0.2) is 0 Å². The second-order valence-corrected chi connectivity index (χ2v) is 4.36. The molecule has 0 fully saturated rings. The van der Waals surface area contributed by atoms with Crippen LogP contribution in [0.4, 0.5) is 5.82 Å². The largest absolute Gasteiger partial charge is 0.394 e. The van der Waals surface area contributed by atoms with Crippen LogP contribution in [0, 0.1) is 0 Å². The van der Waals surface area contributed by atoms with Gasteiger partial charge in [0, 0.05) is 5.39 Å². The van der Waals surface area contributed by atoms with Crippen molar-refractivity contribution in [2.24, 2.45) is 0 Å². The van der Waals surface area contributed by atoms with Gasteiger partial charge in [0.05, 0.1) is 18.2 Å². The molecule has 0 radical (unpaired) electrons. The number of fused-ring (bicyclic) bond motifs is 1. The molecule has 0 saturated carbocycles.